The highest BCUT2D eigenvalue weighted by atomic mass is 16.3. The predicted octanol–water partition coefficient (Wildman–Crippen LogP) is 3.69. The Morgan fingerprint density at radius 1 is 1.17 bits per heavy atom. The van der Waals surface area contributed by atoms with Crippen molar-refractivity contribution < 1.29 is 9.90 Å². The van der Waals surface area contributed by atoms with Crippen molar-refractivity contribution in [2.45, 2.75) is 59.0 Å². The Morgan fingerprint density at radius 3 is 2.35 bits per heavy atom. The summed E-state index contributed by atoms with van der Waals surface area (Å²) in [5.41, 5.74) is 2.39. The smallest absolute Gasteiger partial charge is 0.162 e. The van der Waals surface area contributed by atoms with Crippen LogP contribution in [0.5, 0.6) is 0 Å². The first kappa shape index (κ1) is 18.2. The van der Waals surface area contributed by atoms with Gasteiger partial charge in [0.1, 0.15) is 0 Å². The lowest BCUT2D eigenvalue weighted by molar-refractivity contribution is 0.0800. The topological polar surface area (TPSA) is 40.5 Å². The molecule has 1 N–H and O–H groups in total. The molecule has 0 atom stereocenters. The van der Waals surface area contributed by atoms with Crippen LogP contribution in [-0.4, -0.2) is 41.5 Å². The molecule has 0 aromatic heterocycles. The second-order valence-electron chi connectivity index (χ2n) is 8.03. The quantitative estimate of drug-likeness (QED) is 0.813. The van der Waals surface area contributed by atoms with Crippen LogP contribution >= 0.6 is 0 Å². The number of benzene rings is 1. The normalized spacial score (nSPS) is 17.4. The number of Topliss-reactive ketones (excluding diaryl/α,β-unsaturated/α-hetero) is 1. The fourth-order valence-corrected chi connectivity index (χ4v) is 3.17. The molecule has 0 spiro atoms. The zero-order valence-corrected chi connectivity index (χ0v) is 14.8. The third kappa shape index (κ3) is 6.44. The molecule has 0 amide bonds. The molecular formula is C20H31NO2. The van der Waals surface area contributed by atoms with E-state index in [1.807, 2.05) is 12.1 Å². The number of rotatable bonds is 6. The van der Waals surface area contributed by atoms with Crippen LogP contribution in [0.1, 0.15) is 62.4 Å². The second kappa shape index (κ2) is 8.07. The monoisotopic (exact) mass is 317 g/mol. The third-order valence-corrected chi connectivity index (χ3v) is 4.45. The fourth-order valence-electron chi connectivity index (χ4n) is 3.17. The van der Waals surface area contributed by atoms with E-state index in [9.17, 15) is 9.90 Å². The second-order valence-corrected chi connectivity index (χ2v) is 8.03. The van der Waals surface area contributed by atoms with Crippen LogP contribution in [0.15, 0.2) is 24.3 Å². The number of hydrogen-bond acceptors (Lipinski definition) is 3. The average Bonchev–Trinajstić information content (AvgIpc) is 2.48. The zero-order valence-electron chi connectivity index (χ0n) is 14.8. The number of nitrogens with zero attached hydrogens (tertiary/aromatic N) is 1. The summed E-state index contributed by atoms with van der Waals surface area (Å²) >= 11 is 0. The highest BCUT2D eigenvalue weighted by molar-refractivity contribution is 5.96. The van der Waals surface area contributed by atoms with Gasteiger partial charge in [-0.3, -0.25) is 4.79 Å². The van der Waals surface area contributed by atoms with Crippen LogP contribution in [0, 0.1) is 5.41 Å². The lowest BCUT2D eigenvalue weighted by atomic mass is 9.88. The van der Waals surface area contributed by atoms with E-state index in [1.165, 1.54) is 5.56 Å². The van der Waals surface area contributed by atoms with Crippen molar-refractivity contribution in [2.24, 2.45) is 5.41 Å². The molecule has 0 saturated carbocycles. The number of ketones is 1. The van der Waals surface area contributed by atoms with E-state index in [-0.39, 0.29) is 17.3 Å². The van der Waals surface area contributed by atoms with E-state index in [0.29, 0.717) is 6.42 Å². The van der Waals surface area contributed by atoms with Crippen molar-refractivity contribution in [1.29, 1.82) is 0 Å². The number of piperidine rings is 1. The van der Waals surface area contributed by atoms with E-state index in [4.69, 9.17) is 0 Å². The zero-order chi connectivity index (χ0) is 16.9. The van der Waals surface area contributed by atoms with Crippen molar-refractivity contribution in [2.75, 3.05) is 19.6 Å². The first-order valence-electron chi connectivity index (χ1n) is 8.86. The number of carbonyl (C=O) groups excluding carboxylic acids is 1. The molecule has 1 heterocycles. The first-order valence-corrected chi connectivity index (χ1v) is 8.86. The molecule has 23 heavy (non-hydrogen) atoms. The van der Waals surface area contributed by atoms with Gasteiger partial charge in [0.05, 0.1) is 6.10 Å². The number of likely N-dealkylation sites (tertiary alicyclic amines) is 1. The molecule has 1 aliphatic heterocycles. The SMILES string of the molecule is CC(C)(C)Cc1ccc(C(=O)CCCN2CCC(O)CC2)cc1. The summed E-state index contributed by atoms with van der Waals surface area (Å²) in [6.07, 6.45) is 4.14. The van der Waals surface area contributed by atoms with Gasteiger partial charge in [0, 0.05) is 25.1 Å². The molecule has 1 aliphatic rings. The average molecular weight is 317 g/mol. The van der Waals surface area contributed by atoms with Gasteiger partial charge in [-0.15, -0.1) is 0 Å². The molecule has 1 fully saturated rings. The standard InChI is InChI=1S/C20H31NO2/c1-20(2,3)15-16-6-8-17(9-7-16)19(23)5-4-12-21-13-10-18(22)11-14-21/h6-9,18,22H,4-5,10-15H2,1-3H3. The molecule has 0 aliphatic carbocycles. The molecule has 128 valence electrons. The highest BCUT2D eigenvalue weighted by Crippen LogP contribution is 2.21. The van der Waals surface area contributed by atoms with Crippen molar-refractivity contribution in [1.82, 2.24) is 4.90 Å². The number of aliphatic hydroxyl groups excluding tert-OH is 1. The summed E-state index contributed by atoms with van der Waals surface area (Å²) < 4.78 is 0. The van der Waals surface area contributed by atoms with Crippen LogP contribution in [0.25, 0.3) is 0 Å². The summed E-state index contributed by atoms with van der Waals surface area (Å²) in [5.74, 6) is 0.240. The molecule has 0 unspecified atom stereocenters. The van der Waals surface area contributed by atoms with Crippen molar-refractivity contribution in [3.63, 3.8) is 0 Å². The summed E-state index contributed by atoms with van der Waals surface area (Å²) in [6, 6.07) is 8.12. The van der Waals surface area contributed by atoms with E-state index >= 15 is 0 Å². The van der Waals surface area contributed by atoms with Gasteiger partial charge in [-0.2, -0.15) is 0 Å². The Balaban J connectivity index is 1.75. The number of carbonyl (C=O) groups is 1. The van der Waals surface area contributed by atoms with Crippen LogP contribution < -0.4 is 0 Å². The summed E-state index contributed by atoms with van der Waals surface area (Å²) in [7, 11) is 0. The van der Waals surface area contributed by atoms with Crippen molar-refractivity contribution in [3.8, 4) is 0 Å². The van der Waals surface area contributed by atoms with E-state index < -0.39 is 0 Å². The van der Waals surface area contributed by atoms with Crippen LogP contribution in [-0.2, 0) is 6.42 Å². The summed E-state index contributed by atoms with van der Waals surface area (Å²) in [6.45, 7) is 9.55. The molecule has 1 aromatic rings. The van der Waals surface area contributed by atoms with Gasteiger partial charge in [0.2, 0.25) is 0 Å². The van der Waals surface area contributed by atoms with Crippen LogP contribution in [0.3, 0.4) is 0 Å². The molecule has 0 bridgehead atoms. The van der Waals surface area contributed by atoms with E-state index in [0.717, 1.165) is 50.9 Å². The largest absolute Gasteiger partial charge is 0.393 e. The van der Waals surface area contributed by atoms with Crippen LogP contribution in [0.4, 0.5) is 0 Å². The Morgan fingerprint density at radius 2 is 1.78 bits per heavy atom. The molecule has 0 radical (unpaired) electrons. The van der Waals surface area contributed by atoms with Gasteiger partial charge in [-0.1, -0.05) is 45.0 Å². The predicted molar refractivity (Wildman–Crippen MR) is 94.8 cm³/mol. The summed E-state index contributed by atoms with van der Waals surface area (Å²) in [5, 5.41) is 9.50. The Hall–Kier alpha value is -1.19. The molecule has 2 rings (SSSR count). The minimum absolute atomic E-state index is 0.125. The van der Waals surface area contributed by atoms with Crippen molar-refractivity contribution >= 4 is 5.78 Å². The van der Waals surface area contributed by atoms with Gasteiger partial charge >= 0.3 is 0 Å². The molecule has 3 nitrogen and oxygen atoms in total. The fraction of sp³-hybridized carbons (Fsp3) is 0.650. The maximum atomic E-state index is 12.3. The highest BCUT2D eigenvalue weighted by Gasteiger charge is 2.17. The maximum Gasteiger partial charge on any atom is 0.162 e. The molecule has 3 heteroatoms. The van der Waals surface area contributed by atoms with Crippen LogP contribution in [0.2, 0.25) is 0 Å². The minimum Gasteiger partial charge on any atom is -0.393 e. The van der Waals surface area contributed by atoms with E-state index in [2.05, 4.69) is 37.8 Å². The van der Waals surface area contributed by atoms with Gasteiger partial charge in [0.25, 0.3) is 0 Å². The lowest BCUT2D eigenvalue weighted by Crippen LogP contribution is -2.36. The Kier molecular flexibility index (Phi) is 6.37. The first-order chi connectivity index (χ1) is 10.8. The van der Waals surface area contributed by atoms with Gasteiger partial charge in [-0.05, 0) is 43.2 Å². The number of aliphatic hydroxyl groups is 1. The molecule has 1 aromatic carbocycles. The minimum atomic E-state index is -0.125. The van der Waals surface area contributed by atoms with E-state index in [1.54, 1.807) is 0 Å². The number of hydrogen-bond donors (Lipinski definition) is 1. The third-order valence-electron chi connectivity index (χ3n) is 4.45. The van der Waals surface area contributed by atoms with Gasteiger partial charge in [-0.25, -0.2) is 0 Å². The van der Waals surface area contributed by atoms with Crippen molar-refractivity contribution in [3.05, 3.63) is 35.4 Å². The van der Waals surface area contributed by atoms with Gasteiger partial charge in [0.15, 0.2) is 5.78 Å². The molecule has 1 saturated heterocycles. The van der Waals surface area contributed by atoms with Gasteiger partial charge < -0.3 is 10.0 Å². The molecular weight excluding hydrogens is 286 g/mol. The summed E-state index contributed by atoms with van der Waals surface area (Å²) in [4.78, 5) is 14.6. The Bertz CT molecular complexity index is 493. The maximum absolute atomic E-state index is 12.3. The Labute approximate surface area is 140 Å². The lowest BCUT2D eigenvalue weighted by Gasteiger charge is -2.29.